The first-order chi connectivity index (χ1) is 12.7. The number of anilines is 1. The van der Waals surface area contributed by atoms with Crippen LogP contribution in [0.2, 0.25) is 0 Å². The third-order valence-corrected chi connectivity index (χ3v) is 5.14. The van der Waals surface area contributed by atoms with Gasteiger partial charge in [-0.05, 0) is 30.2 Å². The van der Waals surface area contributed by atoms with Gasteiger partial charge in [0, 0.05) is 49.7 Å². The maximum Gasteiger partial charge on any atom is 0.223 e. The topological polar surface area (TPSA) is 59.6 Å². The lowest BCUT2D eigenvalue weighted by atomic mass is 10.1. The summed E-state index contributed by atoms with van der Waals surface area (Å²) in [5, 5.41) is 11.2. The van der Waals surface area contributed by atoms with E-state index in [2.05, 4.69) is 22.0 Å². The summed E-state index contributed by atoms with van der Waals surface area (Å²) in [6.07, 6.45) is 3.29. The molecule has 2 N–H and O–H groups in total. The summed E-state index contributed by atoms with van der Waals surface area (Å²) >= 11 is 0. The highest BCUT2D eigenvalue weighted by Crippen LogP contribution is 2.27. The highest BCUT2D eigenvalue weighted by atomic mass is 16.3. The molecule has 0 radical (unpaired) electrons. The Bertz CT molecular complexity index is 910. The van der Waals surface area contributed by atoms with Crippen molar-refractivity contribution in [2.45, 2.75) is 12.8 Å². The number of carbonyl (C=O) groups is 1. The van der Waals surface area contributed by atoms with Gasteiger partial charge in [0.15, 0.2) is 0 Å². The number of phenolic OH excluding ortho intramolecular Hbond substituents is 1. The number of H-pyrrole nitrogens is 1. The smallest absolute Gasteiger partial charge is 0.223 e. The fourth-order valence-electron chi connectivity index (χ4n) is 3.67. The van der Waals surface area contributed by atoms with Gasteiger partial charge in [-0.25, -0.2) is 0 Å². The quantitative estimate of drug-likeness (QED) is 0.761. The van der Waals surface area contributed by atoms with Gasteiger partial charge in [-0.1, -0.05) is 30.3 Å². The second-order valence-corrected chi connectivity index (χ2v) is 6.72. The number of para-hydroxylation sites is 3. The maximum absolute atomic E-state index is 12.6. The summed E-state index contributed by atoms with van der Waals surface area (Å²) in [5.74, 6) is 0.499. The third kappa shape index (κ3) is 3.25. The predicted molar refractivity (Wildman–Crippen MR) is 104 cm³/mol. The molecule has 0 aliphatic carbocycles. The van der Waals surface area contributed by atoms with Gasteiger partial charge >= 0.3 is 0 Å². The number of amides is 1. The molecular weight excluding hydrogens is 326 g/mol. The molecule has 5 heteroatoms. The number of carbonyl (C=O) groups excluding carboxylic acids is 1. The minimum atomic E-state index is 0.201. The van der Waals surface area contributed by atoms with Gasteiger partial charge in [-0.2, -0.15) is 0 Å². The van der Waals surface area contributed by atoms with Crippen LogP contribution < -0.4 is 4.90 Å². The second-order valence-electron chi connectivity index (χ2n) is 6.72. The molecule has 1 aromatic heterocycles. The molecule has 4 rings (SSSR count). The Morgan fingerprint density at radius 3 is 2.54 bits per heavy atom. The van der Waals surface area contributed by atoms with E-state index in [9.17, 15) is 9.90 Å². The molecule has 134 valence electrons. The normalized spacial score (nSPS) is 14.8. The fourth-order valence-corrected chi connectivity index (χ4v) is 3.67. The summed E-state index contributed by atoms with van der Waals surface area (Å²) in [7, 11) is 0. The van der Waals surface area contributed by atoms with Crippen molar-refractivity contribution in [1.82, 2.24) is 9.88 Å². The Kier molecular flexibility index (Phi) is 4.52. The number of aromatic nitrogens is 1. The van der Waals surface area contributed by atoms with Gasteiger partial charge < -0.3 is 19.9 Å². The Labute approximate surface area is 152 Å². The van der Waals surface area contributed by atoms with Crippen LogP contribution in [0.15, 0.2) is 54.7 Å². The molecule has 0 saturated carbocycles. The van der Waals surface area contributed by atoms with Crippen LogP contribution in [0.5, 0.6) is 5.75 Å². The monoisotopic (exact) mass is 349 g/mol. The van der Waals surface area contributed by atoms with Gasteiger partial charge in [0.1, 0.15) is 5.75 Å². The van der Waals surface area contributed by atoms with E-state index in [0.29, 0.717) is 25.3 Å². The lowest BCUT2D eigenvalue weighted by Crippen LogP contribution is -2.48. The van der Waals surface area contributed by atoms with Gasteiger partial charge in [-0.3, -0.25) is 4.79 Å². The SMILES string of the molecule is O=C(CCc1c[nH]c2ccccc12)N1CCN(c2ccccc2O)CC1. The van der Waals surface area contributed by atoms with Crippen LogP contribution in [-0.4, -0.2) is 47.1 Å². The molecular formula is C21H23N3O2. The molecule has 2 heterocycles. The molecule has 1 fully saturated rings. The number of nitrogens with one attached hydrogen (secondary N) is 1. The molecule has 1 amide bonds. The number of nitrogens with zero attached hydrogens (tertiary/aromatic N) is 2. The average Bonchev–Trinajstić information content (AvgIpc) is 3.10. The van der Waals surface area contributed by atoms with Crippen LogP contribution in [0, 0.1) is 0 Å². The summed E-state index contributed by atoms with van der Waals surface area (Å²) in [4.78, 5) is 19.9. The highest BCUT2D eigenvalue weighted by Gasteiger charge is 2.22. The van der Waals surface area contributed by atoms with E-state index in [-0.39, 0.29) is 5.91 Å². The molecule has 2 aromatic carbocycles. The van der Waals surface area contributed by atoms with Gasteiger partial charge in [-0.15, -0.1) is 0 Å². The average molecular weight is 349 g/mol. The number of aromatic hydroxyl groups is 1. The van der Waals surface area contributed by atoms with Crippen molar-refractivity contribution in [3.05, 3.63) is 60.3 Å². The maximum atomic E-state index is 12.6. The number of aryl methyl sites for hydroxylation is 1. The number of fused-ring (bicyclic) bond motifs is 1. The zero-order chi connectivity index (χ0) is 17.9. The van der Waals surface area contributed by atoms with Crippen LogP contribution in [0.25, 0.3) is 10.9 Å². The number of aromatic amines is 1. The molecule has 26 heavy (non-hydrogen) atoms. The van der Waals surface area contributed by atoms with E-state index in [4.69, 9.17) is 0 Å². The van der Waals surface area contributed by atoms with E-state index in [1.165, 1.54) is 10.9 Å². The largest absolute Gasteiger partial charge is 0.506 e. The molecule has 1 aliphatic rings. The number of hydrogen-bond acceptors (Lipinski definition) is 3. The lowest BCUT2D eigenvalue weighted by Gasteiger charge is -2.36. The van der Waals surface area contributed by atoms with Crippen LogP contribution in [-0.2, 0) is 11.2 Å². The molecule has 5 nitrogen and oxygen atoms in total. The van der Waals surface area contributed by atoms with Crippen LogP contribution in [0.1, 0.15) is 12.0 Å². The van der Waals surface area contributed by atoms with Crippen molar-refractivity contribution >= 4 is 22.5 Å². The molecule has 0 unspecified atom stereocenters. The van der Waals surface area contributed by atoms with E-state index >= 15 is 0 Å². The fraction of sp³-hybridized carbons (Fsp3) is 0.286. The number of rotatable bonds is 4. The minimum absolute atomic E-state index is 0.201. The summed E-state index contributed by atoms with van der Waals surface area (Å²) < 4.78 is 0. The van der Waals surface area contributed by atoms with E-state index in [0.717, 1.165) is 30.7 Å². The number of phenols is 1. The minimum Gasteiger partial charge on any atom is -0.506 e. The first kappa shape index (κ1) is 16.5. The molecule has 0 spiro atoms. The van der Waals surface area contributed by atoms with Gasteiger partial charge in [0.2, 0.25) is 5.91 Å². The molecule has 3 aromatic rings. The first-order valence-electron chi connectivity index (χ1n) is 9.08. The van der Waals surface area contributed by atoms with Crippen molar-refractivity contribution in [3.63, 3.8) is 0 Å². The Morgan fingerprint density at radius 1 is 1.00 bits per heavy atom. The molecule has 1 saturated heterocycles. The van der Waals surface area contributed by atoms with Crippen molar-refractivity contribution in [1.29, 1.82) is 0 Å². The summed E-state index contributed by atoms with van der Waals surface area (Å²) in [6, 6.07) is 15.6. The number of piperazine rings is 1. The van der Waals surface area contributed by atoms with Crippen molar-refractivity contribution in [2.24, 2.45) is 0 Å². The standard InChI is InChI=1S/C21H23N3O2/c25-20-8-4-3-7-19(20)23-11-13-24(14-12-23)21(26)10-9-16-15-22-18-6-2-1-5-17(16)18/h1-8,15,22,25H,9-14H2. The lowest BCUT2D eigenvalue weighted by molar-refractivity contribution is -0.131. The first-order valence-corrected chi connectivity index (χ1v) is 9.08. The van der Waals surface area contributed by atoms with Crippen molar-refractivity contribution in [3.8, 4) is 5.75 Å². The zero-order valence-corrected chi connectivity index (χ0v) is 14.7. The highest BCUT2D eigenvalue weighted by molar-refractivity contribution is 5.84. The van der Waals surface area contributed by atoms with Crippen LogP contribution >= 0.6 is 0 Å². The van der Waals surface area contributed by atoms with E-state index in [1.807, 2.05) is 41.4 Å². The number of benzene rings is 2. The van der Waals surface area contributed by atoms with Crippen LogP contribution in [0.3, 0.4) is 0 Å². The Morgan fingerprint density at radius 2 is 1.73 bits per heavy atom. The predicted octanol–water partition coefficient (Wildman–Crippen LogP) is 3.15. The molecule has 1 aliphatic heterocycles. The number of hydrogen-bond donors (Lipinski definition) is 2. The Hall–Kier alpha value is -2.95. The van der Waals surface area contributed by atoms with Crippen LogP contribution in [0.4, 0.5) is 5.69 Å². The zero-order valence-electron chi connectivity index (χ0n) is 14.7. The summed E-state index contributed by atoms with van der Waals surface area (Å²) in [5.41, 5.74) is 3.16. The van der Waals surface area contributed by atoms with Gasteiger partial charge in [0.05, 0.1) is 5.69 Å². The molecule has 0 bridgehead atoms. The second kappa shape index (κ2) is 7.12. The van der Waals surface area contributed by atoms with E-state index in [1.54, 1.807) is 6.07 Å². The molecule has 0 atom stereocenters. The van der Waals surface area contributed by atoms with Crippen molar-refractivity contribution < 1.29 is 9.90 Å². The Balaban J connectivity index is 1.33. The summed E-state index contributed by atoms with van der Waals surface area (Å²) in [6.45, 7) is 2.88. The third-order valence-electron chi connectivity index (χ3n) is 5.14. The van der Waals surface area contributed by atoms with Crippen molar-refractivity contribution in [2.75, 3.05) is 31.1 Å². The van der Waals surface area contributed by atoms with E-state index < -0.39 is 0 Å². The van der Waals surface area contributed by atoms with Gasteiger partial charge in [0.25, 0.3) is 0 Å².